The standard InChI is InChI=1S/C18H14BrNO2/c1-12-5-7-17(21)16(9-12)20-11-15-6-8-18(22-15)13-3-2-4-14(19)10-13/h2-11,21H,1H3. The Kier molecular flexibility index (Phi) is 4.11. The van der Waals surface area contributed by atoms with Crippen molar-refractivity contribution in [1.82, 2.24) is 0 Å². The van der Waals surface area contributed by atoms with Gasteiger partial charge in [0, 0.05) is 10.0 Å². The van der Waals surface area contributed by atoms with E-state index in [1.807, 2.05) is 55.5 Å². The van der Waals surface area contributed by atoms with Gasteiger partial charge < -0.3 is 9.52 Å². The number of phenols is 1. The molecule has 3 rings (SSSR count). The van der Waals surface area contributed by atoms with E-state index in [-0.39, 0.29) is 5.75 Å². The summed E-state index contributed by atoms with van der Waals surface area (Å²) < 4.78 is 6.77. The minimum Gasteiger partial charge on any atom is -0.506 e. The zero-order chi connectivity index (χ0) is 15.5. The lowest BCUT2D eigenvalue weighted by Gasteiger charge is -1.99. The van der Waals surface area contributed by atoms with Gasteiger partial charge in [0.1, 0.15) is 23.0 Å². The van der Waals surface area contributed by atoms with Crippen LogP contribution in [0.3, 0.4) is 0 Å². The normalized spacial score (nSPS) is 11.2. The van der Waals surface area contributed by atoms with Crippen LogP contribution in [0.15, 0.2) is 68.5 Å². The maximum atomic E-state index is 9.78. The summed E-state index contributed by atoms with van der Waals surface area (Å²) in [7, 11) is 0. The lowest BCUT2D eigenvalue weighted by Crippen LogP contribution is -1.77. The second-order valence-electron chi connectivity index (χ2n) is 4.96. The predicted octanol–water partition coefficient (Wildman–Crippen LogP) is 5.47. The van der Waals surface area contributed by atoms with Gasteiger partial charge in [0.2, 0.25) is 0 Å². The van der Waals surface area contributed by atoms with Crippen LogP contribution in [-0.4, -0.2) is 11.3 Å². The Hall–Kier alpha value is -2.33. The van der Waals surface area contributed by atoms with Gasteiger partial charge in [0.25, 0.3) is 0 Å². The summed E-state index contributed by atoms with van der Waals surface area (Å²) in [4.78, 5) is 4.28. The van der Waals surface area contributed by atoms with E-state index in [0.29, 0.717) is 11.4 Å². The van der Waals surface area contributed by atoms with E-state index in [1.54, 1.807) is 12.3 Å². The van der Waals surface area contributed by atoms with Crippen LogP contribution >= 0.6 is 15.9 Å². The zero-order valence-electron chi connectivity index (χ0n) is 12.0. The summed E-state index contributed by atoms with van der Waals surface area (Å²) in [6, 6.07) is 17.0. The fraction of sp³-hybridized carbons (Fsp3) is 0.0556. The highest BCUT2D eigenvalue weighted by atomic mass is 79.9. The molecule has 4 heteroatoms. The van der Waals surface area contributed by atoms with Crippen molar-refractivity contribution in [3.63, 3.8) is 0 Å². The van der Waals surface area contributed by atoms with E-state index < -0.39 is 0 Å². The Morgan fingerprint density at radius 1 is 1.09 bits per heavy atom. The van der Waals surface area contributed by atoms with Crippen LogP contribution in [-0.2, 0) is 0 Å². The molecule has 0 unspecified atom stereocenters. The number of nitrogens with zero attached hydrogens (tertiary/aromatic N) is 1. The monoisotopic (exact) mass is 355 g/mol. The summed E-state index contributed by atoms with van der Waals surface area (Å²) >= 11 is 3.45. The summed E-state index contributed by atoms with van der Waals surface area (Å²) in [5, 5.41) is 9.78. The quantitative estimate of drug-likeness (QED) is 0.632. The van der Waals surface area contributed by atoms with Gasteiger partial charge in [-0.05, 0) is 48.9 Å². The highest BCUT2D eigenvalue weighted by molar-refractivity contribution is 9.10. The van der Waals surface area contributed by atoms with Gasteiger partial charge in [-0.2, -0.15) is 0 Å². The fourth-order valence-electron chi connectivity index (χ4n) is 2.09. The number of benzene rings is 2. The first-order valence-electron chi connectivity index (χ1n) is 6.81. The summed E-state index contributed by atoms with van der Waals surface area (Å²) in [6.45, 7) is 1.96. The van der Waals surface area contributed by atoms with E-state index in [0.717, 1.165) is 21.4 Å². The molecular formula is C18H14BrNO2. The highest BCUT2D eigenvalue weighted by Gasteiger charge is 2.04. The Labute approximate surface area is 137 Å². The predicted molar refractivity (Wildman–Crippen MR) is 91.9 cm³/mol. The molecule has 1 N–H and O–H groups in total. The minimum atomic E-state index is 0.153. The molecule has 0 bridgehead atoms. The molecule has 0 aliphatic rings. The molecule has 0 aliphatic carbocycles. The van der Waals surface area contributed by atoms with Crippen molar-refractivity contribution in [2.75, 3.05) is 0 Å². The first-order chi connectivity index (χ1) is 10.6. The lowest BCUT2D eigenvalue weighted by atomic mass is 10.2. The van der Waals surface area contributed by atoms with E-state index in [9.17, 15) is 5.11 Å². The van der Waals surface area contributed by atoms with Crippen molar-refractivity contribution in [2.24, 2.45) is 4.99 Å². The average Bonchev–Trinajstić information content (AvgIpc) is 2.97. The van der Waals surface area contributed by atoms with Gasteiger partial charge >= 0.3 is 0 Å². The Morgan fingerprint density at radius 3 is 2.77 bits per heavy atom. The van der Waals surface area contributed by atoms with Crippen molar-refractivity contribution in [3.05, 3.63) is 70.4 Å². The van der Waals surface area contributed by atoms with Crippen molar-refractivity contribution >= 4 is 27.8 Å². The largest absolute Gasteiger partial charge is 0.506 e. The van der Waals surface area contributed by atoms with Crippen LogP contribution in [0.5, 0.6) is 5.75 Å². The second kappa shape index (κ2) is 6.20. The third kappa shape index (κ3) is 3.28. The molecule has 110 valence electrons. The Balaban J connectivity index is 1.85. The molecule has 0 fully saturated rings. The number of aryl methyl sites for hydroxylation is 1. The van der Waals surface area contributed by atoms with Crippen LogP contribution in [0.25, 0.3) is 11.3 Å². The average molecular weight is 356 g/mol. The smallest absolute Gasteiger partial charge is 0.145 e. The third-order valence-electron chi connectivity index (χ3n) is 3.20. The van der Waals surface area contributed by atoms with Gasteiger partial charge in [0.05, 0.1) is 6.21 Å². The van der Waals surface area contributed by atoms with Gasteiger partial charge in [0.15, 0.2) is 0 Å². The molecule has 2 aromatic carbocycles. The van der Waals surface area contributed by atoms with Crippen molar-refractivity contribution in [3.8, 4) is 17.1 Å². The van der Waals surface area contributed by atoms with Crippen LogP contribution in [0, 0.1) is 6.92 Å². The molecule has 0 aliphatic heterocycles. The fourth-order valence-corrected chi connectivity index (χ4v) is 2.49. The molecule has 0 saturated heterocycles. The van der Waals surface area contributed by atoms with Crippen molar-refractivity contribution in [1.29, 1.82) is 0 Å². The second-order valence-corrected chi connectivity index (χ2v) is 5.88. The van der Waals surface area contributed by atoms with Crippen molar-refractivity contribution < 1.29 is 9.52 Å². The SMILES string of the molecule is Cc1ccc(O)c(N=Cc2ccc(-c3cccc(Br)c3)o2)c1. The number of aromatic hydroxyl groups is 1. The number of furan rings is 1. The first kappa shape index (κ1) is 14.6. The highest BCUT2D eigenvalue weighted by Crippen LogP contribution is 2.28. The molecule has 3 aromatic rings. The molecule has 1 heterocycles. The molecule has 0 atom stereocenters. The van der Waals surface area contributed by atoms with Crippen molar-refractivity contribution in [2.45, 2.75) is 6.92 Å². The summed E-state index contributed by atoms with van der Waals surface area (Å²) in [5.41, 5.74) is 2.56. The first-order valence-corrected chi connectivity index (χ1v) is 7.60. The molecule has 22 heavy (non-hydrogen) atoms. The number of aliphatic imine (C=N–C) groups is 1. The molecule has 0 amide bonds. The number of hydrogen-bond acceptors (Lipinski definition) is 3. The molecule has 0 saturated carbocycles. The third-order valence-corrected chi connectivity index (χ3v) is 3.69. The van der Waals surface area contributed by atoms with Crippen LogP contribution < -0.4 is 0 Å². The lowest BCUT2D eigenvalue weighted by molar-refractivity contribution is 0.477. The number of halogens is 1. The summed E-state index contributed by atoms with van der Waals surface area (Å²) in [6.07, 6.45) is 1.61. The Morgan fingerprint density at radius 2 is 1.95 bits per heavy atom. The molecule has 0 spiro atoms. The van der Waals surface area contributed by atoms with E-state index >= 15 is 0 Å². The van der Waals surface area contributed by atoms with Crippen LogP contribution in [0.1, 0.15) is 11.3 Å². The summed E-state index contributed by atoms with van der Waals surface area (Å²) in [5.74, 6) is 1.56. The van der Waals surface area contributed by atoms with E-state index in [2.05, 4.69) is 20.9 Å². The number of hydrogen-bond donors (Lipinski definition) is 1. The van der Waals surface area contributed by atoms with E-state index in [4.69, 9.17) is 4.42 Å². The topological polar surface area (TPSA) is 45.7 Å². The number of rotatable bonds is 3. The van der Waals surface area contributed by atoms with E-state index in [1.165, 1.54) is 0 Å². The molecule has 0 radical (unpaired) electrons. The van der Waals surface area contributed by atoms with Gasteiger partial charge in [-0.1, -0.05) is 34.1 Å². The maximum Gasteiger partial charge on any atom is 0.145 e. The number of phenolic OH excluding ortho intramolecular Hbond substituents is 1. The van der Waals surface area contributed by atoms with Crippen LogP contribution in [0.4, 0.5) is 5.69 Å². The van der Waals surface area contributed by atoms with Gasteiger partial charge in [-0.3, -0.25) is 0 Å². The molecular weight excluding hydrogens is 342 g/mol. The molecule has 1 aromatic heterocycles. The van der Waals surface area contributed by atoms with Crippen LogP contribution in [0.2, 0.25) is 0 Å². The van der Waals surface area contributed by atoms with Gasteiger partial charge in [-0.15, -0.1) is 0 Å². The Bertz CT molecular complexity index is 837. The zero-order valence-corrected chi connectivity index (χ0v) is 13.5. The minimum absolute atomic E-state index is 0.153. The maximum absolute atomic E-state index is 9.78. The van der Waals surface area contributed by atoms with Gasteiger partial charge in [-0.25, -0.2) is 4.99 Å². The molecule has 3 nitrogen and oxygen atoms in total.